The Hall–Kier alpha value is -0.640. The van der Waals surface area contributed by atoms with Crippen molar-refractivity contribution in [2.45, 2.75) is 85.5 Å². The van der Waals surface area contributed by atoms with E-state index in [-0.39, 0.29) is 0 Å². The summed E-state index contributed by atoms with van der Waals surface area (Å²) in [4.78, 5) is 0. The summed E-state index contributed by atoms with van der Waals surface area (Å²) < 4.78 is 26.5. The van der Waals surface area contributed by atoms with Crippen molar-refractivity contribution in [2.24, 2.45) is 0 Å². The minimum absolute atomic E-state index is 0.742. The summed E-state index contributed by atoms with van der Waals surface area (Å²) >= 11 is 0. The van der Waals surface area contributed by atoms with Crippen LogP contribution in [0.25, 0.3) is 0 Å². The molecule has 11 N–H and O–H groups in total. The Morgan fingerprint density at radius 2 is 1.09 bits per heavy atom. The first-order valence-corrected chi connectivity index (χ1v) is 10.6. The number of ether oxygens (including phenoxy) is 5. The highest BCUT2D eigenvalue weighted by atomic mass is 16.8. The zero-order valence-corrected chi connectivity index (χ0v) is 17.8. The first-order chi connectivity index (χ1) is 16.0. The maximum Gasteiger partial charge on any atom is 0.219 e. The molecule has 3 aliphatic heterocycles. The molecule has 1 unspecified atom stereocenters. The van der Waals surface area contributed by atoms with Gasteiger partial charge in [0.2, 0.25) is 5.79 Å². The zero-order valence-electron chi connectivity index (χ0n) is 17.8. The standard InChI is InChI=1S/C18H32O16/c19-1-5-8(23)9(24)11(26)16(30-5)32-13-6(2-20)31-17(12(27)10(13)25)33-14-7(3-21)34-18(29,4-22)15(14)28/h5-17,19-29H,1-4H2/t5-,6-,7-,8+,9+,10-,11-,12-,13+,14-,15+,16+,17+,18?/m1/s1. The fourth-order valence-corrected chi connectivity index (χ4v) is 4.12. The van der Waals surface area contributed by atoms with Crippen molar-refractivity contribution in [2.75, 3.05) is 26.4 Å². The number of hydrogen-bond acceptors (Lipinski definition) is 16. The summed E-state index contributed by atoms with van der Waals surface area (Å²) in [6.07, 6.45) is -21.6. The quantitative estimate of drug-likeness (QED) is 0.146. The molecule has 0 aliphatic carbocycles. The van der Waals surface area contributed by atoms with E-state index in [0.717, 1.165) is 0 Å². The minimum Gasteiger partial charge on any atom is -0.394 e. The zero-order chi connectivity index (χ0) is 25.4. The third-order valence-corrected chi connectivity index (χ3v) is 6.15. The van der Waals surface area contributed by atoms with Gasteiger partial charge >= 0.3 is 0 Å². The first kappa shape index (κ1) is 27.9. The first-order valence-electron chi connectivity index (χ1n) is 10.6. The van der Waals surface area contributed by atoms with E-state index < -0.39 is 112 Å². The van der Waals surface area contributed by atoms with Crippen molar-refractivity contribution >= 4 is 0 Å². The molecule has 34 heavy (non-hydrogen) atoms. The molecule has 3 rings (SSSR count). The number of rotatable bonds is 8. The fraction of sp³-hybridized carbons (Fsp3) is 1.00. The van der Waals surface area contributed by atoms with Gasteiger partial charge in [0.1, 0.15) is 67.1 Å². The van der Waals surface area contributed by atoms with Gasteiger partial charge in [-0.1, -0.05) is 0 Å². The van der Waals surface area contributed by atoms with Gasteiger partial charge in [0, 0.05) is 0 Å². The molecule has 14 atom stereocenters. The lowest BCUT2D eigenvalue weighted by Gasteiger charge is -2.46. The molecule has 16 heteroatoms. The van der Waals surface area contributed by atoms with E-state index in [1.807, 2.05) is 0 Å². The van der Waals surface area contributed by atoms with E-state index in [1.165, 1.54) is 0 Å². The molecule has 3 heterocycles. The van der Waals surface area contributed by atoms with Crippen molar-refractivity contribution in [3.8, 4) is 0 Å². The maximum absolute atomic E-state index is 10.6. The SMILES string of the molecule is OC[C@H]1O[C@@H](O[C@@H]2[C@H](O)[C@@H](O)[C@H](O[C@@H]3[C@@H](CO)OC(O)(CO)[C@H]3O)O[C@@H]2CO)[C@H](O)[C@@H](O)[C@H]1O. The smallest absolute Gasteiger partial charge is 0.219 e. The van der Waals surface area contributed by atoms with Crippen molar-refractivity contribution in [3.05, 3.63) is 0 Å². The van der Waals surface area contributed by atoms with Crippen LogP contribution in [0.5, 0.6) is 0 Å². The largest absolute Gasteiger partial charge is 0.394 e. The lowest BCUT2D eigenvalue weighted by atomic mass is 9.97. The molecule has 0 aromatic rings. The second kappa shape index (κ2) is 11.2. The van der Waals surface area contributed by atoms with E-state index in [4.69, 9.17) is 23.7 Å². The van der Waals surface area contributed by atoms with Gasteiger partial charge < -0.3 is 79.9 Å². The van der Waals surface area contributed by atoms with E-state index >= 15 is 0 Å². The summed E-state index contributed by atoms with van der Waals surface area (Å²) in [5.41, 5.74) is 0. The minimum atomic E-state index is -2.47. The molecular formula is C18H32O16. The topological polar surface area (TPSA) is 269 Å². The van der Waals surface area contributed by atoms with E-state index in [0.29, 0.717) is 0 Å². The molecule has 0 radical (unpaired) electrons. The van der Waals surface area contributed by atoms with Crippen LogP contribution in [0.15, 0.2) is 0 Å². The monoisotopic (exact) mass is 504 g/mol. The third-order valence-electron chi connectivity index (χ3n) is 6.15. The summed E-state index contributed by atoms with van der Waals surface area (Å²) in [6.45, 7) is -3.37. The Labute approximate surface area is 192 Å². The molecule has 16 nitrogen and oxygen atoms in total. The molecule has 3 aliphatic rings. The lowest BCUT2D eigenvalue weighted by Crippen LogP contribution is -2.65. The van der Waals surface area contributed by atoms with Crippen molar-refractivity contribution < 1.29 is 79.9 Å². The summed E-state index contributed by atoms with van der Waals surface area (Å²) in [6, 6.07) is 0. The highest BCUT2D eigenvalue weighted by molar-refractivity contribution is 4.99. The van der Waals surface area contributed by atoms with Crippen molar-refractivity contribution in [1.29, 1.82) is 0 Å². The predicted molar refractivity (Wildman–Crippen MR) is 101 cm³/mol. The van der Waals surface area contributed by atoms with Crippen LogP contribution in [-0.2, 0) is 23.7 Å². The van der Waals surface area contributed by atoms with Crippen LogP contribution >= 0.6 is 0 Å². The van der Waals surface area contributed by atoms with Crippen LogP contribution in [0.3, 0.4) is 0 Å². The van der Waals surface area contributed by atoms with E-state index in [1.54, 1.807) is 0 Å². The molecule has 3 fully saturated rings. The van der Waals surface area contributed by atoms with Gasteiger partial charge in [-0.25, -0.2) is 0 Å². The van der Waals surface area contributed by atoms with Crippen LogP contribution in [-0.4, -0.2) is 168 Å². The van der Waals surface area contributed by atoms with Crippen molar-refractivity contribution in [3.63, 3.8) is 0 Å². The van der Waals surface area contributed by atoms with Crippen LogP contribution < -0.4 is 0 Å². The van der Waals surface area contributed by atoms with Gasteiger partial charge in [-0.05, 0) is 0 Å². The third kappa shape index (κ3) is 5.09. The fourth-order valence-electron chi connectivity index (χ4n) is 4.12. The van der Waals surface area contributed by atoms with Gasteiger partial charge in [-0.3, -0.25) is 0 Å². The summed E-state index contributed by atoms with van der Waals surface area (Å²) in [5, 5.41) is 109. The Morgan fingerprint density at radius 3 is 1.62 bits per heavy atom. The predicted octanol–water partition coefficient (Wildman–Crippen LogP) is -7.57. The number of aliphatic hydroxyl groups excluding tert-OH is 10. The van der Waals surface area contributed by atoms with Gasteiger partial charge in [-0.2, -0.15) is 0 Å². The molecule has 200 valence electrons. The average Bonchev–Trinajstić information content (AvgIpc) is 3.08. The normalized spacial score (nSPS) is 52.1. The average molecular weight is 504 g/mol. The Morgan fingerprint density at radius 1 is 0.588 bits per heavy atom. The molecule has 3 saturated heterocycles. The molecule has 0 bridgehead atoms. The van der Waals surface area contributed by atoms with E-state index in [9.17, 15) is 56.2 Å². The van der Waals surface area contributed by atoms with Gasteiger partial charge in [0.25, 0.3) is 0 Å². The van der Waals surface area contributed by atoms with Crippen LogP contribution in [0.2, 0.25) is 0 Å². The molecule has 0 aromatic heterocycles. The van der Waals surface area contributed by atoms with Crippen molar-refractivity contribution in [1.82, 2.24) is 0 Å². The highest BCUT2D eigenvalue weighted by Gasteiger charge is 2.57. The highest BCUT2D eigenvalue weighted by Crippen LogP contribution is 2.35. The number of hydrogen-bond donors (Lipinski definition) is 11. The molecule has 0 aromatic carbocycles. The van der Waals surface area contributed by atoms with Gasteiger partial charge in [0.05, 0.1) is 26.4 Å². The summed E-state index contributed by atoms with van der Waals surface area (Å²) in [7, 11) is 0. The lowest BCUT2D eigenvalue weighted by molar-refractivity contribution is -0.365. The van der Waals surface area contributed by atoms with Crippen LogP contribution in [0.4, 0.5) is 0 Å². The second-order valence-corrected chi connectivity index (χ2v) is 8.39. The van der Waals surface area contributed by atoms with E-state index in [2.05, 4.69) is 0 Å². The van der Waals surface area contributed by atoms with Gasteiger partial charge in [0.15, 0.2) is 12.6 Å². The number of aliphatic hydroxyl groups is 11. The Kier molecular flexibility index (Phi) is 9.18. The molecule has 0 amide bonds. The summed E-state index contributed by atoms with van der Waals surface area (Å²) in [5.74, 6) is -2.47. The molecule has 0 saturated carbocycles. The van der Waals surface area contributed by atoms with Crippen LogP contribution in [0.1, 0.15) is 0 Å². The van der Waals surface area contributed by atoms with Gasteiger partial charge in [-0.15, -0.1) is 0 Å². The molecular weight excluding hydrogens is 472 g/mol. The van der Waals surface area contributed by atoms with Crippen LogP contribution in [0, 0.1) is 0 Å². The Balaban J connectivity index is 1.72. The maximum atomic E-state index is 10.6. The molecule has 0 spiro atoms. The second-order valence-electron chi connectivity index (χ2n) is 8.39. The Bertz CT molecular complexity index is 651.